The molecule has 0 amide bonds. The maximum atomic E-state index is 11.0. The van der Waals surface area contributed by atoms with Crippen LogP contribution in [0.5, 0.6) is 0 Å². The maximum Gasteiger partial charge on any atom is 0.319 e. The fourth-order valence-electron chi connectivity index (χ4n) is 2.35. The molecule has 0 saturated heterocycles. The second-order valence-corrected chi connectivity index (χ2v) is 4.57. The van der Waals surface area contributed by atoms with Crippen molar-refractivity contribution in [2.45, 2.75) is 38.1 Å². The summed E-state index contributed by atoms with van der Waals surface area (Å²) in [6.45, 7) is 2.46. The molecule has 0 radical (unpaired) electrons. The van der Waals surface area contributed by atoms with Gasteiger partial charge in [0, 0.05) is 5.54 Å². The number of rotatable bonds is 4. The summed E-state index contributed by atoms with van der Waals surface area (Å²) in [5, 5.41) is 12.6. The molecule has 1 fully saturated rings. The summed E-state index contributed by atoms with van der Waals surface area (Å²) in [4.78, 5) is 11.0. The van der Waals surface area contributed by atoms with Crippen LogP contribution in [0, 0.1) is 5.92 Å². The van der Waals surface area contributed by atoms with Gasteiger partial charge in [-0.1, -0.05) is 19.8 Å². The predicted octanol–water partition coefficient (Wildman–Crippen LogP) is 0.690. The number of hydrogen-bond donors (Lipinski definition) is 2. The van der Waals surface area contributed by atoms with Gasteiger partial charge in [-0.05, 0) is 18.8 Å². The zero-order valence-electron chi connectivity index (χ0n) is 9.58. The Morgan fingerprint density at radius 3 is 2.93 bits per heavy atom. The van der Waals surface area contributed by atoms with Crippen molar-refractivity contribution in [1.29, 1.82) is 0 Å². The summed E-state index contributed by atoms with van der Waals surface area (Å²) in [7, 11) is 1.37. The molecular formula is C11H21NO3. The van der Waals surface area contributed by atoms with Crippen LogP contribution in [0.25, 0.3) is 0 Å². The largest absolute Gasteiger partial charge is 0.468 e. The molecule has 0 spiro atoms. The first-order valence-corrected chi connectivity index (χ1v) is 5.54. The van der Waals surface area contributed by atoms with Crippen LogP contribution >= 0.6 is 0 Å². The molecule has 0 aromatic carbocycles. The van der Waals surface area contributed by atoms with Crippen LogP contribution < -0.4 is 5.32 Å². The SMILES string of the molecule is COC(=O)CNC1(CO)CCCC(C)C1. The smallest absolute Gasteiger partial charge is 0.319 e. The molecule has 4 heteroatoms. The predicted molar refractivity (Wildman–Crippen MR) is 57.5 cm³/mol. The fraction of sp³-hybridized carbons (Fsp3) is 0.909. The molecule has 15 heavy (non-hydrogen) atoms. The van der Waals surface area contributed by atoms with Crippen molar-refractivity contribution in [3.63, 3.8) is 0 Å². The maximum absolute atomic E-state index is 11.0. The van der Waals surface area contributed by atoms with E-state index in [4.69, 9.17) is 0 Å². The number of nitrogens with one attached hydrogen (secondary N) is 1. The van der Waals surface area contributed by atoms with Crippen molar-refractivity contribution in [2.24, 2.45) is 5.92 Å². The Balaban J connectivity index is 2.48. The van der Waals surface area contributed by atoms with Gasteiger partial charge in [0.15, 0.2) is 0 Å². The van der Waals surface area contributed by atoms with Crippen molar-refractivity contribution in [3.8, 4) is 0 Å². The quantitative estimate of drug-likeness (QED) is 0.677. The van der Waals surface area contributed by atoms with Crippen molar-refractivity contribution < 1.29 is 14.6 Å². The van der Waals surface area contributed by atoms with Gasteiger partial charge in [-0.3, -0.25) is 10.1 Å². The molecule has 1 saturated carbocycles. The van der Waals surface area contributed by atoms with Crippen LogP contribution in [0.15, 0.2) is 0 Å². The van der Waals surface area contributed by atoms with Gasteiger partial charge in [0.2, 0.25) is 0 Å². The summed E-state index contributed by atoms with van der Waals surface area (Å²) < 4.78 is 4.57. The molecule has 2 unspecified atom stereocenters. The Morgan fingerprint density at radius 2 is 2.40 bits per heavy atom. The van der Waals surface area contributed by atoms with E-state index in [9.17, 15) is 9.90 Å². The van der Waals surface area contributed by atoms with Gasteiger partial charge in [0.25, 0.3) is 0 Å². The van der Waals surface area contributed by atoms with Crippen molar-refractivity contribution in [1.82, 2.24) is 5.32 Å². The van der Waals surface area contributed by atoms with E-state index in [1.807, 2.05) is 0 Å². The van der Waals surface area contributed by atoms with Gasteiger partial charge in [-0.25, -0.2) is 0 Å². The Labute approximate surface area is 91.0 Å². The number of methoxy groups -OCH3 is 1. The zero-order valence-corrected chi connectivity index (χ0v) is 9.58. The summed E-state index contributed by atoms with van der Waals surface area (Å²) in [6, 6.07) is 0. The molecule has 0 heterocycles. The van der Waals surface area contributed by atoms with E-state index in [1.165, 1.54) is 13.5 Å². The molecule has 0 aliphatic heterocycles. The Morgan fingerprint density at radius 1 is 1.67 bits per heavy atom. The van der Waals surface area contributed by atoms with Gasteiger partial charge in [-0.2, -0.15) is 0 Å². The lowest BCUT2D eigenvalue weighted by Gasteiger charge is -2.39. The summed E-state index contributed by atoms with van der Waals surface area (Å²) in [6.07, 6.45) is 4.18. The second kappa shape index (κ2) is 5.47. The minimum Gasteiger partial charge on any atom is -0.468 e. The molecular weight excluding hydrogens is 194 g/mol. The van der Waals surface area contributed by atoms with E-state index in [2.05, 4.69) is 17.0 Å². The van der Waals surface area contributed by atoms with Gasteiger partial charge in [0.05, 0.1) is 20.3 Å². The third kappa shape index (κ3) is 3.47. The van der Waals surface area contributed by atoms with Crippen molar-refractivity contribution in [3.05, 3.63) is 0 Å². The molecule has 1 aliphatic rings. The number of esters is 1. The molecule has 0 bridgehead atoms. The number of ether oxygens (including phenoxy) is 1. The lowest BCUT2D eigenvalue weighted by Crippen LogP contribution is -2.53. The topological polar surface area (TPSA) is 58.6 Å². The van der Waals surface area contributed by atoms with E-state index in [0.717, 1.165) is 19.3 Å². The highest BCUT2D eigenvalue weighted by Crippen LogP contribution is 2.31. The molecule has 2 atom stereocenters. The van der Waals surface area contributed by atoms with E-state index < -0.39 is 0 Å². The second-order valence-electron chi connectivity index (χ2n) is 4.57. The Bertz CT molecular complexity index is 220. The molecule has 4 nitrogen and oxygen atoms in total. The standard InChI is InChI=1S/C11H21NO3/c1-9-4-3-5-11(6-9,8-13)12-7-10(14)15-2/h9,12-13H,3-8H2,1-2H3. The lowest BCUT2D eigenvalue weighted by atomic mass is 9.77. The number of aliphatic hydroxyl groups excluding tert-OH is 1. The van der Waals surface area contributed by atoms with Crippen LogP contribution in [0.1, 0.15) is 32.6 Å². The first kappa shape index (κ1) is 12.5. The molecule has 1 aliphatic carbocycles. The molecule has 0 aromatic heterocycles. The Kier molecular flexibility index (Phi) is 4.54. The molecule has 0 aromatic rings. The van der Waals surface area contributed by atoms with Crippen LogP contribution in [-0.2, 0) is 9.53 Å². The Hall–Kier alpha value is -0.610. The van der Waals surface area contributed by atoms with E-state index in [0.29, 0.717) is 5.92 Å². The van der Waals surface area contributed by atoms with Crippen molar-refractivity contribution >= 4 is 5.97 Å². The van der Waals surface area contributed by atoms with E-state index >= 15 is 0 Å². The third-order valence-corrected chi connectivity index (χ3v) is 3.23. The number of carbonyl (C=O) groups excluding carboxylic acids is 1. The number of aliphatic hydroxyl groups is 1. The minimum atomic E-state index is -0.277. The highest BCUT2D eigenvalue weighted by Gasteiger charge is 2.34. The normalized spacial score (nSPS) is 31.3. The molecule has 1 rings (SSSR count). The number of hydrogen-bond acceptors (Lipinski definition) is 4. The average Bonchev–Trinajstić information content (AvgIpc) is 2.26. The van der Waals surface area contributed by atoms with Gasteiger partial charge in [0.1, 0.15) is 0 Å². The van der Waals surface area contributed by atoms with Gasteiger partial charge < -0.3 is 9.84 Å². The fourth-order valence-corrected chi connectivity index (χ4v) is 2.35. The van der Waals surface area contributed by atoms with Crippen molar-refractivity contribution in [2.75, 3.05) is 20.3 Å². The zero-order chi connectivity index (χ0) is 11.3. The monoisotopic (exact) mass is 215 g/mol. The van der Waals surface area contributed by atoms with Crippen LogP contribution in [0.4, 0.5) is 0 Å². The lowest BCUT2D eigenvalue weighted by molar-refractivity contribution is -0.140. The molecule has 88 valence electrons. The van der Waals surface area contributed by atoms with E-state index in [-0.39, 0.29) is 24.7 Å². The van der Waals surface area contributed by atoms with Crippen LogP contribution in [-0.4, -0.2) is 36.9 Å². The third-order valence-electron chi connectivity index (χ3n) is 3.23. The van der Waals surface area contributed by atoms with Gasteiger partial charge >= 0.3 is 5.97 Å². The summed E-state index contributed by atoms with van der Waals surface area (Å²) >= 11 is 0. The average molecular weight is 215 g/mol. The molecule has 2 N–H and O–H groups in total. The minimum absolute atomic E-state index is 0.0916. The van der Waals surface area contributed by atoms with Gasteiger partial charge in [-0.15, -0.1) is 0 Å². The summed E-state index contributed by atoms with van der Waals surface area (Å²) in [5.41, 5.74) is -0.272. The van der Waals surface area contributed by atoms with Crippen LogP contribution in [0.2, 0.25) is 0 Å². The first-order valence-electron chi connectivity index (χ1n) is 5.54. The summed E-state index contributed by atoms with van der Waals surface area (Å²) in [5.74, 6) is 0.331. The van der Waals surface area contributed by atoms with E-state index in [1.54, 1.807) is 0 Å². The first-order chi connectivity index (χ1) is 7.12. The highest BCUT2D eigenvalue weighted by molar-refractivity contribution is 5.71. The highest BCUT2D eigenvalue weighted by atomic mass is 16.5. The number of carbonyl (C=O) groups is 1. The van der Waals surface area contributed by atoms with Crippen LogP contribution in [0.3, 0.4) is 0 Å².